The van der Waals surface area contributed by atoms with Crippen LogP contribution in [0.5, 0.6) is 0 Å². The number of hydrogen-bond donors (Lipinski definition) is 0. The van der Waals surface area contributed by atoms with Crippen LogP contribution in [0, 0.1) is 4.91 Å². The monoisotopic (exact) mass is 119 g/mol. The molecule has 0 spiro atoms. The molecule has 0 atom stereocenters. The van der Waals surface area contributed by atoms with Gasteiger partial charge in [0.25, 0.3) is 0 Å². The molecule has 0 aliphatic carbocycles. The van der Waals surface area contributed by atoms with Crippen molar-refractivity contribution in [2.24, 2.45) is 5.34 Å². The predicted molar refractivity (Wildman–Crippen MR) is 25.4 cm³/mol. The van der Waals surface area contributed by atoms with Crippen molar-refractivity contribution in [1.82, 2.24) is 0 Å². The molecule has 0 fully saturated rings. The van der Waals surface area contributed by atoms with Crippen molar-refractivity contribution in [2.45, 2.75) is 0 Å². The van der Waals surface area contributed by atoms with Crippen LogP contribution < -0.4 is 0 Å². The van der Waals surface area contributed by atoms with Crippen molar-refractivity contribution < 1.29 is 4.53 Å². The van der Waals surface area contributed by atoms with Gasteiger partial charge in [-0.15, -0.1) is 4.91 Å². The van der Waals surface area contributed by atoms with Gasteiger partial charge in [0.1, 0.15) is 5.34 Å². The van der Waals surface area contributed by atoms with Gasteiger partial charge in [-0.25, -0.2) is 0 Å². The molecule has 0 bridgehead atoms. The van der Waals surface area contributed by atoms with E-state index in [1.807, 2.05) is 5.34 Å². The van der Waals surface area contributed by atoms with Crippen LogP contribution >= 0.6 is 0 Å². The summed E-state index contributed by atoms with van der Waals surface area (Å²) < 4.78 is 3.75. The molecule has 5 heteroatoms. The fraction of sp³-hybridized carbons (Fsp3) is 0. The second kappa shape index (κ2) is 8.86. The topological polar surface area (TPSA) is 38.7 Å². The van der Waals surface area contributed by atoms with Crippen molar-refractivity contribution in [2.75, 3.05) is 0 Å². The van der Waals surface area contributed by atoms with Crippen LogP contribution in [0.1, 0.15) is 0 Å². The van der Waals surface area contributed by atoms with E-state index < -0.39 is 0 Å². The first-order chi connectivity index (χ1) is 1.91. The molecule has 0 aromatic carbocycles. The second-order valence-corrected chi connectivity index (χ2v) is 0.622. The zero-order valence-electron chi connectivity index (χ0n) is 2.26. The first-order valence-electron chi connectivity index (χ1n) is 0.773. The molecule has 0 amide bonds. The molecule has 0 aromatic heterocycles. The molecule has 0 rings (SSSR count). The molecular formula is H5CaNO2Si. The summed E-state index contributed by atoms with van der Waals surface area (Å²) in [4.78, 5) is 8.74. The van der Waals surface area contributed by atoms with Crippen LogP contribution in [0.2, 0.25) is 0 Å². The van der Waals surface area contributed by atoms with E-state index in [0.29, 0.717) is 10.5 Å². The predicted octanol–water partition coefficient (Wildman–Crippen LogP) is -1.95. The normalized spacial score (nSPS) is 4.80. The minimum absolute atomic E-state index is 0. The first kappa shape index (κ1) is 9.30. The maximum absolute atomic E-state index is 8.74. The Morgan fingerprint density at radius 3 is 2.00 bits per heavy atom. The van der Waals surface area contributed by atoms with Gasteiger partial charge in [-0.05, 0) is 0 Å². The average molecular weight is 119 g/mol. The Bertz CT molecular complexity index is 23.6. The van der Waals surface area contributed by atoms with Gasteiger partial charge in [0.2, 0.25) is 10.5 Å². The standard InChI is InChI=1S/Ca.H3NO2Si.2H/c;2-1-3-4;;/h;4H3;;. The van der Waals surface area contributed by atoms with Gasteiger partial charge in [0.15, 0.2) is 0 Å². The maximum atomic E-state index is 8.74. The van der Waals surface area contributed by atoms with Gasteiger partial charge in [0.05, 0.1) is 0 Å². The van der Waals surface area contributed by atoms with E-state index in [-0.39, 0.29) is 37.7 Å². The summed E-state index contributed by atoms with van der Waals surface area (Å²) in [7, 11) is 0.410. The molecule has 0 aromatic rings. The Balaban J connectivity index is 0. The van der Waals surface area contributed by atoms with E-state index in [2.05, 4.69) is 4.53 Å². The summed E-state index contributed by atoms with van der Waals surface area (Å²) in [5, 5.41) is 2.05. The van der Waals surface area contributed by atoms with E-state index >= 15 is 0 Å². The van der Waals surface area contributed by atoms with Gasteiger partial charge in [-0.1, -0.05) is 0 Å². The molecular weight excluding hydrogens is 114 g/mol. The van der Waals surface area contributed by atoms with Crippen LogP contribution in [-0.2, 0) is 4.53 Å². The molecule has 0 unspecified atom stereocenters. The summed E-state index contributed by atoms with van der Waals surface area (Å²) in [5.74, 6) is 0. The van der Waals surface area contributed by atoms with Crippen molar-refractivity contribution >= 4 is 48.2 Å². The Labute approximate surface area is 62.5 Å². The van der Waals surface area contributed by atoms with Crippen LogP contribution in [0.15, 0.2) is 5.34 Å². The fourth-order valence-electron chi connectivity index (χ4n) is 0. The Morgan fingerprint density at radius 2 is 2.00 bits per heavy atom. The second-order valence-electron chi connectivity index (χ2n) is 0.257. The van der Waals surface area contributed by atoms with Crippen LogP contribution in [0.4, 0.5) is 0 Å². The molecule has 0 aliphatic heterocycles. The molecule has 0 aliphatic rings. The number of hydrogen-bond acceptors (Lipinski definition) is 3. The van der Waals surface area contributed by atoms with Gasteiger partial charge in [-0.3, -0.25) is 0 Å². The van der Waals surface area contributed by atoms with Crippen LogP contribution in [-0.4, -0.2) is 48.2 Å². The third kappa shape index (κ3) is 11.5. The fourth-order valence-corrected chi connectivity index (χ4v) is 0. The van der Waals surface area contributed by atoms with E-state index in [1.165, 1.54) is 0 Å². The third-order valence-corrected chi connectivity index (χ3v) is 0.224. The quantitative estimate of drug-likeness (QED) is 0.228. The summed E-state index contributed by atoms with van der Waals surface area (Å²) >= 11 is 0. The SMILES string of the molecule is O=NO[SiH3].[CaH2]. The molecule has 0 radical (unpaired) electrons. The van der Waals surface area contributed by atoms with E-state index in [0.717, 1.165) is 0 Å². The zero-order valence-corrected chi connectivity index (χ0v) is 4.26. The summed E-state index contributed by atoms with van der Waals surface area (Å²) in [6, 6.07) is 0. The zero-order chi connectivity index (χ0) is 3.41. The van der Waals surface area contributed by atoms with Crippen molar-refractivity contribution in [3.63, 3.8) is 0 Å². The van der Waals surface area contributed by atoms with Gasteiger partial charge >= 0.3 is 37.7 Å². The molecule has 0 heterocycles. The molecule has 5 heavy (non-hydrogen) atoms. The van der Waals surface area contributed by atoms with Crippen LogP contribution in [0.3, 0.4) is 0 Å². The summed E-state index contributed by atoms with van der Waals surface area (Å²) in [5.41, 5.74) is 0. The van der Waals surface area contributed by atoms with Gasteiger partial charge < -0.3 is 4.53 Å². The van der Waals surface area contributed by atoms with Crippen molar-refractivity contribution in [3.8, 4) is 0 Å². The Morgan fingerprint density at radius 1 is 1.80 bits per heavy atom. The van der Waals surface area contributed by atoms with Gasteiger partial charge in [-0.2, -0.15) is 0 Å². The minimum atomic E-state index is 0. The summed E-state index contributed by atoms with van der Waals surface area (Å²) in [6.45, 7) is 0. The molecule has 0 saturated heterocycles. The third-order valence-electron chi connectivity index (χ3n) is 0.0745. The Kier molecular flexibility index (Phi) is 16.5. The summed E-state index contributed by atoms with van der Waals surface area (Å²) in [6.07, 6.45) is 0. The van der Waals surface area contributed by atoms with Gasteiger partial charge in [0, 0.05) is 0 Å². The first-order valence-corrected chi connectivity index (χ1v) is 1.59. The molecule has 0 saturated carbocycles. The van der Waals surface area contributed by atoms with E-state index in [1.54, 1.807) is 0 Å². The van der Waals surface area contributed by atoms with Crippen molar-refractivity contribution in [3.05, 3.63) is 4.91 Å². The number of rotatable bonds is 1. The Hall–Kier alpha value is 0.877. The molecule has 0 N–H and O–H groups in total. The van der Waals surface area contributed by atoms with Crippen LogP contribution in [0.25, 0.3) is 0 Å². The van der Waals surface area contributed by atoms with E-state index in [4.69, 9.17) is 4.91 Å². The number of nitrogens with zero attached hydrogens (tertiary/aromatic N) is 1. The molecule has 3 nitrogen and oxygen atoms in total. The van der Waals surface area contributed by atoms with Crippen molar-refractivity contribution in [1.29, 1.82) is 0 Å². The molecule has 28 valence electrons. The van der Waals surface area contributed by atoms with E-state index in [9.17, 15) is 0 Å². The average Bonchev–Trinajstić information content (AvgIpc) is 1.37.